The molecular formula is C12H16N4O. The smallest absolute Gasteiger partial charge is 0.119 e. The van der Waals surface area contributed by atoms with Crippen LogP contribution in [0.4, 0.5) is 5.69 Å². The lowest BCUT2D eigenvalue weighted by molar-refractivity contribution is 0.301. The van der Waals surface area contributed by atoms with Gasteiger partial charge in [-0.2, -0.15) is 0 Å². The summed E-state index contributed by atoms with van der Waals surface area (Å²) in [6.07, 6.45) is 5.56. The van der Waals surface area contributed by atoms with Gasteiger partial charge >= 0.3 is 0 Å². The van der Waals surface area contributed by atoms with Crippen molar-refractivity contribution in [2.75, 3.05) is 12.3 Å². The van der Waals surface area contributed by atoms with Crippen LogP contribution in [0.2, 0.25) is 0 Å². The van der Waals surface area contributed by atoms with Crippen LogP contribution in [0.3, 0.4) is 0 Å². The number of hydrogen-bond acceptors (Lipinski definition) is 4. The lowest BCUT2D eigenvalue weighted by Crippen LogP contribution is -2.03. The van der Waals surface area contributed by atoms with E-state index in [9.17, 15) is 0 Å². The number of nitrogen functional groups attached to an aromatic ring is 1. The lowest BCUT2D eigenvalue weighted by Gasteiger charge is -2.06. The van der Waals surface area contributed by atoms with Gasteiger partial charge in [-0.25, -0.2) is 0 Å². The number of nitrogens with two attached hydrogens (primary N) is 1. The lowest BCUT2D eigenvalue weighted by atomic mass is 10.3. The average Bonchev–Trinajstić information content (AvgIpc) is 2.84. The maximum Gasteiger partial charge on any atom is 0.119 e. The highest BCUT2D eigenvalue weighted by molar-refractivity contribution is 5.41. The molecule has 2 aromatic rings. The predicted octanol–water partition coefficient (Wildman–Crippen LogP) is 1.72. The van der Waals surface area contributed by atoms with Crippen LogP contribution in [0.1, 0.15) is 12.8 Å². The fourth-order valence-electron chi connectivity index (χ4n) is 1.48. The molecule has 0 spiro atoms. The molecule has 0 amide bonds. The van der Waals surface area contributed by atoms with E-state index in [1.54, 1.807) is 6.20 Å². The zero-order chi connectivity index (χ0) is 11.9. The number of hydrogen-bond donors (Lipinski definition) is 1. The second-order valence-electron chi connectivity index (χ2n) is 3.79. The van der Waals surface area contributed by atoms with Gasteiger partial charge in [0, 0.05) is 18.4 Å². The average molecular weight is 232 g/mol. The van der Waals surface area contributed by atoms with Crippen LogP contribution >= 0.6 is 0 Å². The van der Waals surface area contributed by atoms with Gasteiger partial charge in [-0.15, -0.1) is 5.10 Å². The molecule has 1 heterocycles. The second-order valence-corrected chi connectivity index (χ2v) is 3.79. The fraction of sp³-hybridized carbons (Fsp3) is 0.333. The minimum atomic E-state index is 0.707. The number of anilines is 1. The standard InChI is InChI=1S/C12H16N4O/c13-11-3-5-12(6-4-11)17-10-2-1-8-16-9-7-14-15-16/h3-7,9H,1-2,8,10,13H2. The van der Waals surface area contributed by atoms with Gasteiger partial charge in [0.15, 0.2) is 0 Å². The Morgan fingerprint density at radius 1 is 1.18 bits per heavy atom. The highest BCUT2D eigenvalue weighted by atomic mass is 16.5. The minimum Gasteiger partial charge on any atom is -0.494 e. The van der Waals surface area contributed by atoms with Gasteiger partial charge in [0.05, 0.1) is 12.8 Å². The topological polar surface area (TPSA) is 66.0 Å². The molecule has 1 aromatic carbocycles. The maximum absolute atomic E-state index is 5.59. The molecule has 0 bridgehead atoms. The molecule has 5 nitrogen and oxygen atoms in total. The first-order valence-electron chi connectivity index (χ1n) is 5.67. The monoisotopic (exact) mass is 232 g/mol. The summed E-state index contributed by atoms with van der Waals surface area (Å²) in [4.78, 5) is 0. The van der Waals surface area contributed by atoms with Crippen molar-refractivity contribution in [2.24, 2.45) is 0 Å². The number of nitrogens with zero attached hydrogens (tertiary/aromatic N) is 3. The SMILES string of the molecule is Nc1ccc(OCCCCn2ccnn2)cc1. The zero-order valence-electron chi connectivity index (χ0n) is 9.62. The molecule has 2 N–H and O–H groups in total. The molecule has 0 radical (unpaired) electrons. The van der Waals surface area contributed by atoms with E-state index < -0.39 is 0 Å². The van der Waals surface area contributed by atoms with E-state index in [0.717, 1.165) is 30.8 Å². The first-order chi connectivity index (χ1) is 8.34. The van der Waals surface area contributed by atoms with Gasteiger partial charge in [0.1, 0.15) is 5.75 Å². The zero-order valence-corrected chi connectivity index (χ0v) is 9.62. The van der Waals surface area contributed by atoms with E-state index in [0.29, 0.717) is 6.61 Å². The van der Waals surface area contributed by atoms with Crippen LogP contribution in [0.15, 0.2) is 36.7 Å². The largest absolute Gasteiger partial charge is 0.494 e. The first kappa shape index (κ1) is 11.4. The van der Waals surface area contributed by atoms with Crippen LogP contribution in [0.5, 0.6) is 5.75 Å². The van der Waals surface area contributed by atoms with Crippen molar-refractivity contribution in [1.82, 2.24) is 15.0 Å². The number of ether oxygens (including phenoxy) is 1. The first-order valence-corrected chi connectivity index (χ1v) is 5.67. The van der Waals surface area contributed by atoms with Gasteiger partial charge in [-0.3, -0.25) is 4.68 Å². The van der Waals surface area contributed by atoms with Crippen LogP contribution in [-0.4, -0.2) is 21.6 Å². The van der Waals surface area contributed by atoms with Crippen molar-refractivity contribution in [3.63, 3.8) is 0 Å². The number of unbranched alkanes of at least 4 members (excludes halogenated alkanes) is 1. The molecule has 2 rings (SSSR count). The molecule has 17 heavy (non-hydrogen) atoms. The highest BCUT2D eigenvalue weighted by Gasteiger charge is 1.95. The van der Waals surface area contributed by atoms with Crippen molar-refractivity contribution in [3.8, 4) is 5.75 Å². The molecule has 0 aliphatic heterocycles. The van der Waals surface area contributed by atoms with Gasteiger partial charge in [-0.1, -0.05) is 5.21 Å². The number of aryl methyl sites for hydroxylation is 1. The molecule has 0 saturated heterocycles. The Bertz CT molecular complexity index is 424. The highest BCUT2D eigenvalue weighted by Crippen LogP contribution is 2.13. The number of rotatable bonds is 6. The molecular weight excluding hydrogens is 216 g/mol. The number of benzene rings is 1. The third-order valence-electron chi connectivity index (χ3n) is 2.40. The van der Waals surface area contributed by atoms with Gasteiger partial charge in [0.25, 0.3) is 0 Å². The van der Waals surface area contributed by atoms with Crippen LogP contribution in [0, 0.1) is 0 Å². The van der Waals surface area contributed by atoms with E-state index in [1.165, 1.54) is 0 Å². The van der Waals surface area contributed by atoms with Gasteiger partial charge in [-0.05, 0) is 37.1 Å². The van der Waals surface area contributed by atoms with Crippen molar-refractivity contribution in [1.29, 1.82) is 0 Å². The predicted molar refractivity (Wildman–Crippen MR) is 65.6 cm³/mol. The number of aromatic nitrogens is 3. The van der Waals surface area contributed by atoms with E-state index >= 15 is 0 Å². The Morgan fingerprint density at radius 2 is 2.00 bits per heavy atom. The summed E-state index contributed by atoms with van der Waals surface area (Å²) in [6, 6.07) is 7.44. The molecule has 0 fully saturated rings. The van der Waals surface area contributed by atoms with Crippen molar-refractivity contribution >= 4 is 5.69 Å². The van der Waals surface area contributed by atoms with Crippen LogP contribution in [0.25, 0.3) is 0 Å². The van der Waals surface area contributed by atoms with Crippen LogP contribution in [-0.2, 0) is 6.54 Å². The maximum atomic E-state index is 5.59. The van der Waals surface area contributed by atoms with Crippen molar-refractivity contribution < 1.29 is 4.74 Å². The quantitative estimate of drug-likeness (QED) is 0.608. The summed E-state index contributed by atoms with van der Waals surface area (Å²) >= 11 is 0. The molecule has 0 aliphatic rings. The summed E-state index contributed by atoms with van der Waals surface area (Å²) < 4.78 is 7.40. The Hall–Kier alpha value is -2.04. The Kier molecular flexibility index (Phi) is 3.96. The summed E-state index contributed by atoms with van der Waals surface area (Å²) in [7, 11) is 0. The summed E-state index contributed by atoms with van der Waals surface area (Å²) in [5.74, 6) is 0.861. The second kappa shape index (κ2) is 5.89. The molecule has 0 aliphatic carbocycles. The Labute approximate surface area is 100 Å². The van der Waals surface area contributed by atoms with Crippen molar-refractivity contribution in [3.05, 3.63) is 36.7 Å². The molecule has 90 valence electrons. The third-order valence-corrected chi connectivity index (χ3v) is 2.40. The normalized spacial score (nSPS) is 10.4. The minimum absolute atomic E-state index is 0.707. The molecule has 0 atom stereocenters. The van der Waals surface area contributed by atoms with E-state index in [2.05, 4.69) is 10.3 Å². The van der Waals surface area contributed by atoms with Crippen LogP contribution < -0.4 is 10.5 Å². The Balaban J connectivity index is 1.61. The molecule has 0 saturated carbocycles. The molecule has 5 heteroatoms. The third kappa shape index (κ3) is 3.79. The summed E-state index contributed by atoms with van der Waals surface area (Å²) in [5, 5.41) is 7.64. The van der Waals surface area contributed by atoms with Crippen molar-refractivity contribution in [2.45, 2.75) is 19.4 Å². The summed E-state index contributed by atoms with van der Waals surface area (Å²) in [6.45, 7) is 1.59. The van der Waals surface area contributed by atoms with Gasteiger partial charge in [0.2, 0.25) is 0 Å². The fourth-order valence-corrected chi connectivity index (χ4v) is 1.48. The van der Waals surface area contributed by atoms with E-state index in [4.69, 9.17) is 10.5 Å². The van der Waals surface area contributed by atoms with Gasteiger partial charge < -0.3 is 10.5 Å². The molecule has 1 aromatic heterocycles. The molecule has 0 unspecified atom stereocenters. The summed E-state index contributed by atoms with van der Waals surface area (Å²) in [5.41, 5.74) is 6.34. The van der Waals surface area contributed by atoms with E-state index in [1.807, 2.05) is 35.1 Å². The van der Waals surface area contributed by atoms with E-state index in [-0.39, 0.29) is 0 Å². The Morgan fingerprint density at radius 3 is 2.71 bits per heavy atom.